The summed E-state index contributed by atoms with van der Waals surface area (Å²) >= 11 is 6.14. The summed E-state index contributed by atoms with van der Waals surface area (Å²) in [5.74, 6) is 0.297. The van der Waals surface area contributed by atoms with Gasteiger partial charge in [0.15, 0.2) is 5.82 Å². The standard InChI is InChI=1S/C22H29ClN6O3/c1-14(2)24-19(30)13-28-8-10-29(11-9-28)20(31)7-6-18-22(32)25-21(27-26-18)16-5-4-15(3)17(23)12-16/h4-5,12,14H,6-11,13H2,1-3H3,(H,24,30)(H,25,27,32). The van der Waals surface area contributed by atoms with Crippen LogP contribution in [0.5, 0.6) is 0 Å². The molecule has 3 rings (SSSR count). The molecule has 10 heteroatoms. The molecule has 1 aliphatic heterocycles. The number of hydrogen-bond donors (Lipinski definition) is 2. The van der Waals surface area contributed by atoms with Crippen molar-refractivity contribution in [3.05, 3.63) is 44.8 Å². The number of aryl methyl sites for hydroxylation is 2. The third kappa shape index (κ3) is 6.37. The van der Waals surface area contributed by atoms with E-state index in [1.165, 1.54) is 0 Å². The van der Waals surface area contributed by atoms with Crippen LogP contribution < -0.4 is 10.9 Å². The maximum Gasteiger partial charge on any atom is 0.273 e. The highest BCUT2D eigenvalue weighted by atomic mass is 35.5. The first-order valence-electron chi connectivity index (χ1n) is 10.7. The smallest absolute Gasteiger partial charge is 0.273 e. The van der Waals surface area contributed by atoms with Crippen molar-refractivity contribution in [3.63, 3.8) is 0 Å². The lowest BCUT2D eigenvalue weighted by atomic mass is 10.1. The van der Waals surface area contributed by atoms with Crippen LogP contribution in [-0.2, 0) is 16.0 Å². The van der Waals surface area contributed by atoms with Crippen molar-refractivity contribution in [1.29, 1.82) is 0 Å². The summed E-state index contributed by atoms with van der Waals surface area (Å²) in [5, 5.41) is 11.6. The van der Waals surface area contributed by atoms with Crippen molar-refractivity contribution in [1.82, 2.24) is 30.3 Å². The first-order valence-corrected chi connectivity index (χ1v) is 11.1. The van der Waals surface area contributed by atoms with Crippen LogP contribution in [0, 0.1) is 6.92 Å². The van der Waals surface area contributed by atoms with E-state index < -0.39 is 0 Å². The second-order valence-corrected chi connectivity index (χ2v) is 8.70. The minimum atomic E-state index is -0.361. The molecule has 0 radical (unpaired) electrons. The molecular weight excluding hydrogens is 432 g/mol. The zero-order valence-corrected chi connectivity index (χ0v) is 19.4. The van der Waals surface area contributed by atoms with E-state index in [1.807, 2.05) is 37.8 Å². The molecule has 0 bridgehead atoms. The van der Waals surface area contributed by atoms with Gasteiger partial charge in [0.05, 0.1) is 6.54 Å². The maximum atomic E-state index is 12.6. The Kier molecular flexibility index (Phi) is 7.98. The van der Waals surface area contributed by atoms with E-state index in [1.54, 1.807) is 11.0 Å². The number of amides is 2. The van der Waals surface area contributed by atoms with E-state index in [0.717, 1.165) is 5.56 Å². The number of hydrogen-bond acceptors (Lipinski definition) is 6. The zero-order chi connectivity index (χ0) is 23.3. The van der Waals surface area contributed by atoms with Gasteiger partial charge in [-0.2, -0.15) is 0 Å². The predicted octanol–water partition coefficient (Wildman–Crippen LogP) is 1.40. The Bertz CT molecular complexity index is 1030. The van der Waals surface area contributed by atoms with Crippen LogP contribution in [0.15, 0.2) is 23.0 Å². The summed E-state index contributed by atoms with van der Waals surface area (Å²) in [7, 11) is 0. The fourth-order valence-corrected chi connectivity index (χ4v) is 3.68. The Morgan fingerprint density at radius 1 is 1.19 bits per heavy atom. The molecule has 1 saturated heterocycles. The number of piperazine rings is 1. The Labute approximate surface area is 192 Å². The molecular formula is C22H29ClN6O3. The fourth-order valence-electron chi connectivity index (χ4n) is 3.50. The van der Waals surface area contributed by atoms with Gasteiger partial charge in [0.25, 0.3) is 5.56 Å². The highest BCUT2D eigenvalue weighted by Crippen LogP contribution is 2.21. The summed E-state index contributed by atoms with van der Waals surface area (Å²) in [6.45, 7) is 8.49. The summed E-state index contributed by atoms with van der Waals surface area (Å²) in [6, 6.07) is 5.50. The second-order valence-electron chi connectivity index (χ2n) is 8.29. The van der Waals surface area contributed by atoms with Crippen molar-refractivity contribution >= 4 is 23.4 Å². The number of carbonyl (C=O) groups is 2. The molecule has 172 valence electrons. The average Bonchev–Trinajstić information content (AvgIpc) is 2.74. The quantitative estimate of drug-likeness (QED) is 0.646. The molecule has 1 aliphatic rings. The zero-order valence-electron chi connectivity index (χ0n) is 18.7. The van der Waals surface area contributed by atoms with Crippen LogP contribution in [0.25, 0.3) is 11.4 Å². The van der Waals surface area contributed by atoms with Gasteiger partial charge in [0.1, 0.15) is 5.69 Å². The monoisotopic (exact) mass is 460 g/mol. The van der Waals surface area contributed by atoms with Gasteiger partial charge >= 0.3 is 0 Å². The van der Waals surface area contributed by atoms with Crippen LogP contribution in [0.4, 0.5) is 0 Å². The van der Waals surface area contributed by atoms with Crippen LogP contribution in [0.2, 0.25) is 5.02 Å². The molecule has 0 spiro atoms. The normalized spacial score (nSPS) is 14.6. The molecule has 0 unspecified atom stereocenters. The van der Waals surface area contributed by atoms with Gasteiger partial charge in [-0.25, -0.2) is 0 Å². The lowest BCUT2D eigenvalue weighted by molar-refractivity contribution is -0.133. The van der Waals surface area contributed by atoms with E-state index in [9.17, 15) is 14.4 Å². The third-order valence-electron chi connectivity index (χ3n) is 5.33. The number of rotatable bonds is 7. The molecule has 1 aromatic carbocycles. The molecule has 0 aliphatic carbocycles. The first-order chi connectivity index (χ1) is 15.2. The van der Waals surface area contributed by atoms with Gasteiger partial charge in [0.2, 0.25) is 11.8 Å². The lowest BCUT2D eigenvalue weighted by Crippen LogP contribution is -2.51. The van der Waals surface area contributed by atoms with Crippen LogP contribution >= 0.6 is 11.6 Å². The number of nitrogens with one attached hydrogen (secondary N) is 2. The number of carbonyl (C=O) groups excluding carboxylic acids is 2. The minimum Gasteiger partial charge on any atom is -0.353 e. The van der Waals surface area contributed by atoms with Gasteiger partial charge in [-0.3, -0.25) is 19.3 Å². The highest BCUT2D eigenvalue weighted by molar-refractivity contribution is 6.31. The summed E-state index contributed by atoms with van der Waals surface area (Å²) in [4.78, 5) is 43.4. The lowest BCUT2D eigenvalue weighted by Gasteiger charge is -2.34. The van der Waals surface area contributed by atoms with E-state index in [-0.39, 0.29) is 42.0 Å². The van der Waals surface area contributed by atoms with E-state index in [2.05, 4.69) is 20.5 Å². The van der Waals surface area contributed by atoms with E-state index >= 15 is 0 Å². The van der Waals surface area contributed by atoms with Gasteiger partial charge in [-0.05, 0) is 32.4 Å². The van der Waals surface area contributed by atoms with Crippen molar-refractivity contribution in [3.8, 4) is 11.4 Å². The first kappa shape index (κ1) is 23.9. The molecule has 0 saturated carbocycles. The summed E-state index contributed by atoms with van der Waals surface area (Å²) < 4.78 is 0. The number of nitrogens with zero attached hydrogens (tertiary/aromatic N) is 4. The van der Waals surface area contributed by atoms with Crippen LogP contribution in [-0.4, -0.2) is 75.6 Å². The number of aromatic nitrogens is 3. The average molecular weight is 461 g/mol. The SMILES string of the molecule is Cc1ccc(-c2nnc(CCC(=O)N3CCN(CC(=O)NC(C)C)CC3)c(=O)[nH]2)cc1Cl. The Morgan fingerprint density at radius 2 is 1.91 bits per heavy atom. The molecule has 2 amide bonds. The number of aromatic amines is 1. The highest BCUT2D eigenvalue weighted by Gasteiger charge is 2.23. The molecule has 0 atom stereocenters. The van der Waals surface area contributed by atoms with Gasteiger partial charge < -0.3 is 15.2 Å². The largest absolute Gasteiger partial charge is 0.353 e. The fraction of sp³-hybridized carbons (Fsp3) is 0.500. The van der Waals surface area contributed by atoms with Crippen LogP contribution in [0.1, 0.15) is 31.5 Å². The topological polar surface area (TPSA) is 111 Å². The maximum absolute atomic E-state index is 12.6. The van der Waals surface area contributed by atoms with E-state index in [4.69, 9.17) is 11.6 Å². The molecule has 2 heterocycles. The predicted molar refractivity (Wildman–Crippen MR) is 122 cm³/mol. The molecule has 1 fully saturated rings. The second kappa shape index (κ2) is 10.7. The molecule has 9 nitrogen and oxygen atoms in total. The van der Waals surface area contributed by atoms with Crippen molar-refractivity contribution < 1.29 is 9.59 Å². The molecule has 32 heavy (non-hydrogen) atoms. The third-order valence-corrected chi connectivity index (χ3v) is 5.73. The number of halogens is 1. The van der Waals surface area contributed by atoms with Crippen LogP contribution in [0.3, 0.4) is 0 Å². The van der Waals surface area contributed by atoms with Gasteiger partial charge in [-0.1, -0.05) is 23.7 Å². The minimum absolute atomic E-state index is 0.00562. The molecule has 2 aromatic rings. The number of benzene rings is 1. The Morgan fingerprint density at radius 3 is 2.53 bits per heavy atom. The Hall–Kier alpha value is -2.78. The van der Waals surface area contributed by atoms with Gasteiger partial charge in [0, 0.05) is 55.6 Å². The van der Waals surface area contributed by atoms with Crippen molar-refractivity contribution in [2.24, 2.45) is 0 Å². The summed E-state index contributed by atoms with van der Waals surface area (Å²) in [5.41, 5.74) is 1.47. The summed E-state index contributed by atoms with van der Waals surface area (Å²) in [6.07, 6.45) is 0.397. The number of H-pyrrole nitrogens is 1. The molecule has 2 N–H and O–H groups in total. The molecule has 1 aromatic heterocycles. The van der Waals surface area contributed by atoms with Crippen molar-refractivity contribution in [2.45, 2.75) is 39.7 Å². The van der Waals surface area contributed by atoms with E-state index in [0.29, 0.717) is 49.1 Å². The van der Waals surface area contributed by atoms with Crippen molar-refractivity contribution in [2.75, 3.05) is 32.7 Å². The van der Waals surface area contributed by atoms with Gasteiger partial charge in [-0.15, -0.1) is 10.2 Å². The Balaban J connectivity index is 1.50.